The molecule has 2 nitrogen and oxygen atoms in total. The molecule has 0 aliphatic carbocycles. The zero-order valence-corrected chi connectivity index (χ0v) is 14.3. The molecule has 1 N–H and O–H groups in total. The minimum Gasteiger partial charge on any atom is -0.311 e. The lowest BCUT2D eigenvalue weighted by atomic mass is 9.82. The van der Waals surface area contributed by atoms with Crippen LogP contribution in [-0.4, -0.2) is 35.6 Å². The van der Waals surface area contributed by atoms with E-state index in [1.54, 1.807) is 0 Å². The van der Waals surface area contributed by atoms with E-state index in [1.807, 2.05) is 0 Å². The Hall–Kier alpha value is -0.0800. The summed E-state index contributed by atoms with van der Waals surface area (Å²) in [6, 6.07) is 1.34. The van der Waals surface area contributed by atoms with Crippen LogP contribution in [0.25, 0.3) is 0 Å². The molecule has 0 aromatic heterocycles. The molecule has 2 unspecified atom stereocenters. The smallest absolute Gasteiger partial charge is 0.0249 e. The van der Waals surface area contributed by atoms with Crippen molar-refractivity contribution in [2.24, 2.45) is 11.8 Å². The van der Waals surface area contributed by atoms with Crippen LogP contribution in [0.5, 0.6) is 0 Å². The fourth-order valence-corrected chi connectivity index (χ4v) is 3.74. The van der Waals surface area contributed by atoms with Gasteiger partial charge in [-0.25, -0.2) is 0 Å². The first-order chi connectivity index (χ1) is 8.91. The van der Waals surface area contributed by atoms with Gasteiger partial charge >= 0.3 is 0 Å². The molecule has 0 amide bonds. The maximum absolute atomic E-state index is 3.78. The van der Waals surface area contributed by atoms with Crippen LogP contribution in [0.1, 0.15) is 67.7 Å². The van der Waals surface area contributed by atoms with Crippen molar-refractivity contribution in [2.75, 3.05) is 13.1 Å². The highest BCUT2D eigenvalue weighted by Crippen LogP contribution is 2.34. The average Bonchev–Trinajstić information content (AvgIpc) is 2.41. The molecule has 1 aliphatic rings. The first-order valence-corrected chi connectivity index (χ1v) is 8.41. The molecule has 114 valence electrons. The summed E-state index contributed by atoms with van der Waals surface area (Å²) in [6.07, 6.45) is 3.82. The monoisotopic (exact) mass is 268 g/mol. The van der Waals surface area contributed by atoms with Gasteiger partial charge in [-0.3, -0.25) is 4.90 Å². The molecule has 1 rings (SSSR count). The number of hydrogen-bond donors (Lipinski definition) is 1. The second kappa shape index (κ2) is 7.08. The van der Waals surface area contributed by atoms with Gasteiger partial charge in [0.1, 0.15) is 0 Å². The van der Waals surface area contributed by atoms with Gasteiger partial charge in [0, 0.05) is 30.7 Å². The molecule has 2 heteroatoms. The van der Waals surface area contributed by atoms with Gasteiger partial charge in [-0.05, 0) is 31.1 Å². The Bertz CT molecular complexity index is 248. The highest BCUT2D eigenvalue weighted by molar-refractivity contribution is 4.98. The molecular weight excluding hydrogens is 232 g/mol. The summed E-state index contributed by atoms with van der Waals surface area (Å²) in [6.45, 7) is 18.9. The van der Waals surface area contributed by atoms with Gasteiger partial charge < -0.3 is 5.32 Å². The van der Waals surface area contributed by atoms with E-state index in [-0.39, 0.29) is 0 Å². The van der Waals surface area contributed by atoms with Gasteiger partial charge in [-0.15, -0.1) is 0 Å². The van der Waals surface area contributed by atoms with Gasteiger partial charge in [-0.1, -0.05) is 48.5 Å². The van der Waals surface area contributed by atoms with Crippen molar-refractivity contribution in [1.29, 1.82) is 0 Å². The minimum atomic E-state index is 0.407. The predicted octanol–water partition coefficient (Wildman–Crippen LogP) is 3.91. The third-order valence-corrected chi connectivity index (χ3v) is 5.54. The van der Waals surface area contributed by atoms with Crippen molar-refractivity contribution in [3.63, 3.8) is 0 Å². The Kier molecular flexibility index (Phi) is 6.32. The van der Waals surface area contributed by atoms with E-state index in [9.17, 15) is 0 Å². The van der Waals surface area contributed by atoms with Gasteiger partial charge in [0.25, 0.3) is 0 Å². The number of nitrogens with one attached hydrogen (secondary N) is 1. The summed E-state index contributed by atoms with van der Waals surface area (Å²) in [5, 5.41) is 3.78. The second-order valence-electron chi connectivity index (χ2n) is 7.01. The number of rotatable bonds is 6. The van der Waals surface area contributed by atoms with E-state index in [2.05, 4.69) is 58.7 Å². The summed E-state index contributed by atoms with van der Waals surface area (Å²) in [5.41, 5.74) is 0.407. The number of hydrogen-bond acceptors (Lipinski definition) is 2. The van der Waals surface area contributed by atoms with Crippen LogP contribution in [0, 0.1) is 11.8 Å². The quantitative estimate of drug-likeness (QED) is 0.786. The molecule has 2 atom stereocenters. The Morgan fingerprint density at radius 3 is 1.89 bits per heavy atom. The summed E-state index contributed by atoms with van der Waals surface area (Å²) in [4.78, 5) is 2.86. The van der Waals surface area contributed by atoms with Crippen molar-refractivity contribution in [3.05, 3.63) is 0 Å². The normalized spacial score (nSPS) is 26.4. The maximum Gasteiger partial charge on any atom is 0.0249 e. The molecule has 0 bridgehead atoms. The fourth-order valence-electron chi connectivity index (χ4n) is 3.74. The standard InChI is InChI=1S/C17H36N2/c1-8-17(9-2,10-3)19-12-15(13(4)5)18-11-16(19)14(6)7/h13-16,18H,8-12H2,1-7H3. The van der Waals surface area contributed by atoms with Crippen LogP contribution >= 0.6 is 0 Å². The Labute approximate surface area is 121 Å². The SMILES string of the molecule is CCC(CC)(CC)N1CC(C(C)C)NCC1C(C)C. The Balaban J connectivity index is 2.99. The molecule has 0 aromatic rings. The second-order valence-corrected chi connectivity index (χ2v) is 7.01. The van der Waals surface area contributed by atoms with Gasteiger partial charge in [0.05, 0.1) is 0 Å². The Morgan fingerprint density at radius 2 is 1.53 bits per heavy atom. The number of nitrogens with zero attached hydrogens (tertiary/aromatic N) is 1. The third kappa shape index (κ3) is 3.52. The topological polar surface area (TPSA) is 15.3 Å². The van der Waals surface area contributed by atoms with E-state index in [4.69, 9.17) is 0 Å². The molecule has 1 aliphatic heterocycles. The van der Waals surface area contributed by atoms with Crippen LogP contribution in [0.4, 0.5) is 0 Å². The van der Waals surface area contributed by atoms with Crippen LogP contribution in [0.3, 0.4) is 0 Å². The highest BCUT2D eigenvalue weighted by atomic mass is 15.3. The molecule has 0 spiro atoms. The highest BCUT2D eigenvalue weighted by Gasteiger charge is 2.41. The van der Waals surface area contributed by atoms with Crippen molar-refractivity contribution >= 4 is 0 Å². The van der Waals surface area contributed by atoms with Crippen LogP contribution in [-0.2, 0) is 0 Å². The summed E-state index contributed by atoms with van der Waals surface area (Å²) >= 11 is 0. The van der Waals surface area contributed by atoms with E-state index in [0.29, 0.717) is 17.6 Å². The Morgan fingerprint density at radius 1 is 1.00 bits per heavy atom. The summed E-state index contributed by atoms with van der Waals surface area (Å²) < 4.78 is 0. The molecular formula is C17H36N2. The van der Waals surface area contributed by atoms with Crippen molar-refractivity contribution in [3.8, 4) is 0 Å². The molecule has 1 saturated heterocycles. The first-order valence-electron chi connectivity index (χ1n) is 8.41. The van der Waals surface area contributed by atoms with E-state index < -0.39 is 0 Å². The predicted molar refractivity (Wildman–Crippen MR) is 85.6 cm³/mol. The van der Waals surface area contributed by atoms with E-state index in [1.165, 1.54) is 25.8 Å². The van der Waals surface area contributed by atoms with Crippen molar-refractivity contribution in [1.82, 2.24) is 10.2 Å². The van der Waals surface area contributed by atoms with Crippen molar-refractivity contribution < 1.29 is 0 Å². The first kappa shape index (κ1) is 17.0. The van der Waals surface area contributed by atoms with Crippen LogP contribution < -0.4 is 5.32 Å². The van der Waals surface area contributed by atoms with Crippen LogP contribution in [0.2, 0.25) is 0 Å². The fraction of sp³-hybridized carbons (Fsp3) is 1.00. The van der Waals surface area contributed by atoms with Crippen LogP contribution in [0.15, 0.2) is 0 Å². The molecule has 1 heterocycles. The lowest BCUT2D eigenvalue weighted by molar-refractivity contribution is -0.0233. The van der Waals surface area contributed by atoms with Crippen molar-refractivity contribution in [2.45, 2.75) is 85.4 Å². The van der Waals surface area contributed by atoms with Gasteiger partial charge in [0.15, 0.2) is 0 Å². The minimum absolute atomic E-state index is 0.407. The molecule has 0 aromatic carbocycles. The summed E-state index contributed by atoms with van der Waals surface area (Å²) in [5.74, 6) is 1.45. The third-order valence-electron chi connectivity index (χ3n) is 5.54. The molecule has 1 fully saturated rings. The molecule has 0 saturated carbocycles. The maximum atomic E-state index is 3.78. The lowest BCUT2D eigenvalue weighted by Gasteiger charge is -2.53. The van der Waals surface area contributed by atoms with E-state index in [0.717, 1.165) is 18.4 Å². The van der Waals surface area contributed by atoms with E-state index >= 15 is 0 Å². The summed E-state index contributed by atoms with van der Waals surface area (Å²) in [7, 11) is 0. The molecule has 19 heavy (non-hydrogen) atoms. The van der Waals surface area contributed by atoms with Gasteiger partial charge in [0.2, 0.25) is 0 Å². The molecule has 0 radical (unpaired) electrons. The largest absolute Gasteiger partial charge is 0.311 e. The number of piperazine rings is 1. The van der Waals surface area contributed by atoms with Gasteiger partial charge in [-0.2, -0.15) is 0 Å². The lowest BCUT2D eigenvalue weighted by Crippen LogP contribution is -2.66. The zero-order chi connectivity index (χ0) is 14.6. The average molecular weight is 268 g/mol. The zero-order valence-electron chi connectivity index (χ0n) is 14.3.